The fraction of sp³-hybridized carbons (Fsp3) is 0.500. The molecule has 1 aliphatic heterocycles. The zero-order valence-electron chi connectivity index (χ0n) is 19.7. The van der Waals surface area contributed by atoms with Crippen LogP contribution in [0.15, 0.2) is 42.5 Å². The van der Waals surface area contributed by atoms with E-state index in [-0.39, 0.29) is 23.2 Å². The van der Waals surface area contributed by atoms with Crippen molar-refractivity contribution < 1.29 is 19.0 Å². The molecule has 174 valence electrons. The van der Waals surface area contributed by atoms with Crippen molar-refractivity contribution in [3.8, 4) is 5.75 Å². The second-order valence-corrected chi connectivity index (χ2v) is 9.69. The van der Waals surface area contributed by atoms with Crippen LogP contribution < -0.4 is 15.0 Å². The number of benzene rings is 2. The number of anilines is 1. The topological polar surface area (TPSA) is 61.8 Å². The first kappa shape index (κ1) is 24.1. The number of nitrogens with one attached hydrogen (secondary N) is 1. The molecule has 1 amide bonds. The molecule has 0 saturated carbocycles. The van der Waals surface area contributed by atoms with E-state index in [0.29, 0.717) is 31.7 Å². The molecule has 3 rings (SSSR count). The van der Waals surface area contributed by atoms with Crippen molar-refractivity contribution >= 4 is 11.6 Å². The molecule has 5 nitrogen and oxygen atoms in total. The minimum atomic E-state index is -0.694. The van der Waals surface area contributed by atoms with E-state index < -0.39 is 12.1 Å². The third-order valence-electron chi connectivity index (χ3n) is 6.02. The van der Waals surface area contributed by atoms with Crippen LogP contribution in [-0.2, 0) is 10.2 Å². The quantitative estimate of drug-likeness (QED) is 0.679. The van der Waals surface area contributed by atoms with Gasteiger partial charge >= 0.3 is 0 Å². The summed E-state index contributed by atoms with van der Waals surface area (Å²) in [6.07, 6.45) is 0.371. The van der Waals surface area contributed by atoms with E-state index in [0.717, 1.165) is 11.3 Å². The molecule has 0 aliphatic carbocycles. The minimum absolute atomic E-state index is 0.0477. The highest BCUT2D eigenvalue weighted by atomic mass is 19.1. The fourth-order valence-electron chi connectivity index (χ4n) is 3.97. The maximum Gasteiger partial charge on any atom is 0.261 e. The number of carbonyl (C=O) groups is 1. The van der Waals surface area contributed by atoms with Crippen LogP contribution in [0.2, 0.25) is 0 Å². The molecule has 2 aromatic rings. The molecule has 0 radical (unpaired) electrons. The van der Waals surface area contributed by atoms with E-state index in [9.17, 15) is 14.3 Å². The number of amides is 1. The van der Waals surface area contributed by atoms with Gasteiger partial charge in [-0.3, -0.25) is 4.79 Å². The number of piperidine rings is 1. The van der Waals surface area contributed by atoms with E-state index >= 15 is 0 Å². The van der Waals surface area contributed by atoms with Crippen molar-refractivity contribution in [2.75, 3.05) is 18.0 Å². The highest BCUT2D eigenvalue weighted by molar-refractivity contribution is 5.81. The van der Waals surface area contributed by atoms with Gasteiger partial charge in [0.05, 0.1) is 12.1 Å². The first-order chi connectivity index (χ1) is 15.0. The first-order valence-corrected chi connectivity index (χ1v) is 11.3. The molecule has 1 aliphatic rings. The molecule has 6 heteroatoms. The number of rotatable bonds is 6. The summed E-state index contributed by atoms with van der Waals surface area (Å²) >= 11 is 0. The van der Waals surface area contributed by atoms with Gasteiger partial charge in [-0.25, -0.2) is 4.39 Å². The van der Waals surface area contributed by atoms with Crippen molar-refractivity contribution in [2.45, 2.75) is 71.1 Å². The second kappa shape index (κ2) is 9.90. The number of aliphatic hydroxyl groups is 1. The Morgan fingerprint density at radius 2 is 1.75 bits per heavy atom. The van der Waals surface area contributed by atoms with Crippen molar-refractivity contribution in [2.24, 2.45) is 0 Å². The number of carbonyl (C=O) groups excluding carboxylic acids is 1. The van der Waals surface area contributed by atoms with E-state index in [1.54, 1.807) is 13.0 Å². The van der Waals surface area contributed by atoms with Gasteiger partial charge in [-0.2, -0.15) is 0 Å². The van der Waals surface area contributed by atoms with Gasteiger partial charge in [0.1, 0.15) is 11.6 Å². The summed E-state index contributed by atoms with van der Waals surface area (Å²) in [7, 11) is 0. The van der Waals surface area contributed by atoms with Crippen LogP contribution in [0.3, 0.4) is 0 Å². The Kier molecular flexibility index (Phi) is 7.44. The van der Waals surface area contributed by atoms with Crippen LogP contribution in [0, 0.1) is 5.82 Å². The van der Waals surface area contributed by atoms with Crippen molar-refractivity contribution in [3.05, 3.63) is 59.4 Å². The number of ether oxygens (including phenoxy) is 1. The molecule has 2 atom stereocenters. The van der Waals surface area contributed by atoms with Gasteiger partial charge in [-0.05, 0) is 68.0 Å². The monoisotopic (exact) mass is 442 g/mol. The van der Waals surface area contributed by atoms with Gasteiger partial charge in [0.2, 0.25) is 0 Å². The molecular formula is C26H35FN2O3. The summed E-state index contributed by atoms with van der Waals surface area (Å²) in [6, 6.07) is 12.0. The molecule has 1 saturated heterocycles. The lowest BCUT2D eigenvalue weighted by Crippen LogP contribution is -2.39. The largest absolute Gasteiger partial charge is 0.481 e. The van der Waals surface area contributed by atoms with Gasteiger partial charge in [0, 0.05) is 24.3 Å². The Morgan fingerprint density at radius 1 is 1.12 bits per heavy atom. The van der Waals surface area contributed by atoms with Gasteiger partial charge in [0.15, 0.2) is 6.10 Å². The number of halogens is 1. The van der Waals surface area contributed by atoms with Crippen LogP contribution in [0.5, 0.6) is 5.75 Å². The molecule has 0 unspecified atom stereocenters. The fourth-order valence-corrected chi connectivity index (χ4v) is 3.97. The van der Waals surface area contributed by atoms with Crippen LogP contribution in [0.1, 0.15) is 64.6 Å². The number of hydrogen-bond donors (Lipinski definition) is 2. The highest BCUT2D eigenvalue weighted by Crippen LogP contribution is 2.30. The van der Waals surface area contributed by atoms with Crippen molar-refractivity contribution in [3.63, 3.8) is 0 Å². The van der Waals surface area contributed by atoms with Gasteiger partial charge < -0.3 is 20.1 Å². The average molecular weight is 443 g/mol. The van der Waals surface area contributed by atoms with Crippen LogP contribution in [-0.4, -0.2) is 36.3 Å². The molecule has 2 aromatic carbocycles. The highest BCUT2D eigenvalue weighted by Gasteiger charge is 2.24. The third-order valence-corrected chi connectivity index (χ3v) is 6.02. The smallest absolute Gasteiger partial charge is 0.261 e. The molecule has 1 fully saturated rings. The van der Waals surface area contributed by atoms with Crippen molar-refractivity contribution in [1.29, 1.82) is 0 Å². The standard InChI is InChI=1S/C26H35FN2O3/c1-17(23-16-20(27)8-11-24(23)29-14-12-21(30)13-15-29)28-25(31)18(2)32-22-9-6-19(7-10-22)26(3,4)5/h6-11,16-18,21,30H,12-15H2,1-5H3,(H,28,31)/t17-,18+/m1/s1. The minimum Gasteiger partial charge on any atom is -0.481 e. The molecule has 0 aromatic heterocycles. The van der Waals surface area contributed by atoms with E-state index in [4.69, 9.17) is 4.74 Å². The summed E-state index contributed by atoms with van der Waals surface area (Å²) in [5.74, 6) is 0.0263. The second-order valence-electron chi connectivity index (χ2n) is 9.69. The van der Waals surface area contributed by atoms with E-state index in [1.165, 1.54) is 17.7 Å². The Hall–Kier alpha value is -2.60. The zero-order chi connectivity index (χ0) is 23.5. The maximum absolute atomic E-state index is 14.0. The molecule has 0 spiro atoms. The number of aliphatic hydroxyl groups excluding tert-OH is 1. The third kappa shape index (κ3) is 6.00. The molecule has 2 N–H and O–H groups in total. The van der Waals surface area contributed by atoms with Crippen LogP contribution >= 0.6 is 0 Å². The summed E-state index contributed by atoms with van der Waals surface area (Å²) in [5.41, 5.74) is 2.85. The Labute approximate surface area is 190 Å². The molecule has 1 heterocycles. The first-order valence-electron chi connectivity index (χ1n) is 11.3. The number of nitrogens with zero attached hydrogens (tertiary/aromatic N) is 1. The predicted octanol–water partition coefficient (Wildman–Crippen LogP) is 4.73. The van der Waals surface area contributed by atoms with E-state index in [2.05, 4.69) is 31.0 Å². The normalized spacial score (nSPS) is 17.0. The Morgan fingerprint density at radius 3 is 2.34 bits per heavy atom. The summed E-state index contributed by atoms with van der Waals surface area (Å²) in [5, 5.41) is 12.8. The SMILES string of the molecule is C[C@H](Oc1ccc(C(C)(C)C)cc1)C(=O)N[C@H](C)c1cc(F)ccc1N1CCC(O)CC1. The molecule has 32 heavy (non-hydrogen) atoms. The Balaban J connectivity index is 1.66. The lowest BCUT2D eigenvalue weighted by atomic mass is 9.87. The lowest BCUT2D eigenvalue weighted by molar-refractivity contribution is -0.127. The van der Waals surface area contributed by atoms with Gasteiger partial charge in [-0.15, -0.1) is 0 Å². The lowest BCUT2D eigenvalue weighted by Gasteiger charge is -2.34. The Bertz CT molecular complexity index is 916. The maximum atomic E-state index is 14.0. The summed E-state index contributed by atoms with van der Waals surface area (Å²) in [6.45, 7) is 11.4. The molecule has 0 bridgehead atoms. The number of hydrogen-bond acceptors (Lipinski definition) is 4. The van der Waals surface area contributed by atoms with Crippen LogP contribution in [0.25, 0.3) is 0 Å². The summed E-state index contributed by atoms with van der Waals surface area (Å²) in [4.78, 5) is 14.9. The van der Waals surface area contributed by atoms with Crippen molar-refractivity contribution in [1.82, 2.24) is 5.32 Å². The van der Waals surface area contributed by atoms with Gasteiger partial charge in [-0.1, -0.05) is 32.9 Å². The molecular weight excluding hydrogens is 407 g/mol. The average Bonchev–Trinajstić information content (AvgIpc) is 2.74. The van der Waals surface area contributed by atoms with E-state index in [1.807, 2.05) is 31.2 Å². The van der Waals surface area contributed by atoms with Crippen LogP contribution in [0.4, 0.5) is 10.1 Å². The zero-order valence-corrected chi connectivity index (χ0v) is 19.7. The van der Waals surface area contributed by atoms with Gasteiger partial charge in [0.25, 0.3) is 5.91 Å². The summed E-state index contributed by atoms with van der Waals surface area (Å²) < 4.78 is 19.9. The predicted molar refractivity (Wildman–Crippen MR) is 126 cm³/mol.